The first-order valence-electron chi connectivity index (χ1n) is 15.2. The molecule has 0 bridgehead atoms. The number of carboxylic acid groups (broad SMARTS) is 1. The number of likely N-dealkylation sites (tertiary alicyclic amines) is 1. The van der Waals surface area contributed by atoms with E-state index < -0.39 is 42.8 Å². The van der Waals surface area contributed by atoms with Crippen LogP contribution >= 0.6 is 0 Å². The maximum atomic E-state index is 14.0. The van der Waals surface area contributed by atoms with Crippen molar-refractivity contribution in [2.75, 3.05) is 26.4 Å². The molecule has 1 aliphatic heterocycles. The van der Waals surface area contributed by atoms with E-state index in [1.807, 2.05) is 0 Å². The fourth-order valence-corrected chi connectivity index (χ4v) is 5.92. The van der Waals surface area contributed by atoms with Crippen LogP contribution in [-0.4, -0.2) is 76.3 Å². The highest BCUT2D eigenvalue weighted by atomic mass is 19.1. The Labute approximate surface area is 257 Å². The van der Waals surface area contributed by atoms with E-state index in [1.165, 1.54) is 29.7 Å². The van der Waals surface area contributed by atoms with Crippen molar-refractivity contribution in [1.82, 2.24) is 14.0 Å². The van der Waals surface area contributed by atoms with E-state index in [4.69, 9.17) is 14.2 Å². The molecule has 1 atom stereocenters. The number of amides is 1. The number of hydrogen-bond donors (Lipinski definition) is 1. The van der Waals surface area contributed by atoms with E-state index in [1.54, 1.807) is 23.1 Å². The van der Waals surface area contributed by atoms with Crippen LogP contribution in [0.5, 0.6) is 17.2 Å². The van der Waals surface area contributed by atoms with E-state index in [0.717, 1.165) is 36.7 Å². The van der Waals surface area contributed by atoms with Crippen LogP contribution in [0.2, 0.25) is 0 Å². The van der Waals surface area contributed by atoms with Crippen molar-refractivity contribution in [3.05, 3.63) is 62.8 Å². The average Bonchev–Trinajstić information content (AvgIpc) is 3.56. The molecule has 0 unspecified atom stereocenters. The zero-order valence-corrected chi connectivity index (χ0v) is 25.0. The van der Waals surface area contributed by atoms with Crippen LogP contribution in [0.4, 0.5) is 8.78 Å². The number of halogens is 2. The first kappa shape index (κ1) is 32.0. The van der Waals surface area contributed by atoms with Gasteiger partial charge in [-0.05, 0) is 81.3 Å². The summed E-state index contributed by atoms with van der Waals surface area (Å²) >= 11 is 0. The molecule has 13 heteroatoms. The van der Waals surface area contributed by atoms with Gasteiger partial charge in [-0.1, -0.05) is 6.07 Å². The molecule has 242 valence electrons. The van der Waals surface area contributed by atoms with E-state index >= 15 is 0 Å². The molecule has 2 fully saturated rings. The van der Waals surface area contributed by atoms with Gasteiger partial charge in [0, 0.05) is 19.1 Å². The number of ether oxygens (including phenoxy) is 3. The van der Waals surface area contributed by atoms with Crippen molar-refractivity contribution in [2.24, 2.45) is 0 Å². The van der Waals surface area contributed by atoms with Crippen LogP contribution in [0.1, 0.15) is 57.1 Å². The van der Waals surface area contributed by atoms with Crippen molar-refractivity contribution >= 4 is 23.3 Å². The predicted molar refractivity (Wildman–Crippen MR) is 161 cm³/mol. The third-order valence-electron chi connectivity index (χ3n) is 8.40. The summed E-state index contributed by atoms with van der Waals surface area (Å²) in [5, 5.41) is 9.59. The Morgan fingerprint density at radius 2 is 1.71 bits per heavy atom. The molecule has 2 heterocycles. The van der Waals surface area contributed by atoms with E-state index in [2.05, 4.69) is 0 Å². The summed E-state index contributed by atoms with van der Waals surface area (Å²) in [6.07, 6.45) is 2.99. The highest BCUT2D eigenvalue weighted by Crippen LogP contribution is 2.34. The lowest BCUT2D eigenvalue weighted by Gasteiger charge is -2.31. The third-order valence-corrected chi connectivity index (χ3v) is 8.40. The fraction of sp³-hybridized carbons (Fsp3) is 0.500. The Hall–Kier alpha value is -4.42. The van der Waals surface area contributed by atoms with Gasteiger partial charge in [-0.2, -0.15) is 0 Å². The molecule has 1 N–H and O–H groups in total. The summed E-state index contributed by atoms with van der Waals surface area (Å²) in [5.74, 6) is -0.522. The second-order valence-electron chi connectivity index (χ2n) is 11.5. The molecule has 2 aliphatic rings. The van der Waals surface area contributed by atoms with Gasteiger partial charge in [0.15, 0.2) is 23.7 Å². The number of alkyl halides is 2. The number of rotatable bonds is 13. The number of nitrogens with zero attached hydrogens (tertiary/aromatic N) is 3. The lowest BCUT2D eigenvalue weighted by Crippen LogP contribution is -2.44. The second kappa shape index (κ2) is 14.1. The first-order chi connectivity index (χ1) is 21.7. The zero-order valence-electron chi connectivity index (χ0n) is 25.0. The smallest absolute Gasteiger partial charge is 0.344 e. The van der Waals surface area contributed by atoms with Crippen molar-refractivity contribution < 1.29 is 37.7 Å². The van der Waals surface area contributed by atoms with Gasteiger partial charge >= 0.3 is 11.7 Å². The lowest BCUT2D eigenvalue weighted by atomic mass is 10.0. The number of benzene rings is 2. The van der Waals surface area contributed by atoms with Gasteiger partial charge in [-0.3, -0.25) is 18.7 Å². The molecule has 2 aromatic carbocycles. The Morgan fingerprint density at radius 3 is 2.36 bits per heavy atom. The normalized spacial score (nSPS) is 16.7. The monoisotopic (exact) mass is 629 g/mol. The largest absolute Gasteiger partial charge is 0.487 e. The fourth-order valence-electron chi connectivity index (χ4n) is 5.92. The summed E-state index contributed by atoms with van der Waals surface area (Å²) in [7, 11) is 0. The van der Waals surface area contributed by atoms with Gasteiger partial charge in [0.2, 0.25) is 6.41 Å². The van der Waals surface area contributed by atoms with Gasteiger partial charge in [0.05, 0.1) is 23.6 Å². The molecule has 1 aliphatic carbocycles. The van der Waals surface area contributed by atoms with Crippen molar-refractivity contribution in [2.45, 2.75) is 76.3 Å². The van der Waals surface area contributed by atoms with Gasteiger partial charge in [-0.25, -0.2) is 18.4 Å². The van der Waals surface area contributed by atoms with Gasteiger partial charge in [0.1, 0.15) is 19.1 Å². The van der Waals surface area contributed by atoms with Crippen molar-refractivity contribution in [3.63, 3.8) is 0 Å². The summed E-state index contributed by atoms with van der Waals surface area (Å²) in [6.45, 7) is -0.0281. The Balaban J connectivity index is 1.58. The van der Waals surface area contributed by atoms with Crippen LogP contribution < -0.4 is 25.5 Å². The molecule has 1 saturated heterocycles. The van der Waals surface area contributed by atoms with Crippen LogP contribution in [0.3, 0.4) is 0 Å². The number of carbonyl (C=O) groups is 2. The maximum Gasteiger partial charge on any atom is 0.344 e. The minimum Gasteiger partial charge on any atom is -0.487 e. The maximum absolute atomic E-state index is 14.0. The molecular weight excluding hydrogens is 592 g/mol. The molecule has 0 spiro atoms. The summed E-state index contributed by atoms with van der Waals surface area (Å²) in [5.41, 5.74) is -0.366. The number of carboxylic acids is 1. The highest BCUT2D eigenvalue weighted by molar-refractivity contribution is 5.80. The molecule has 11 nitrogen and oxygen atoms in total. The number of hydrogen-bond acceptors (Lipinski definition) is 7. The van der Waals surface area contributed by atoms with E-state index in [-0.39, 0.29) is 35.6 Å². The Kier molecular flexibility index (Phi) is 10.0. The number of carbonyl (C=O) groups excluding carboxylic acids is 1. The summed E-state index contributed by atoms with van der Waals surface area (Å²) < 4.78 is 46.3. The lowest BCUT2D eigenvalue weighted by molar-refractivity contribution is -0.144. The molecule has 1 amide bonds. The molecule has 5 rings (SSSR count). The number of piperidine rings is 1. The zero-order chi connectivity index (χ0) is 32.1. The second-order valence-corrected chi connectivity index (χ2v) is 11.5. The van der Waals surface area contributed by atoms with Crippen LogP contribution in [-0.2, 0) is 16.1 Å². The molecule has 1 saturated carbocycles. The average molecular weight is 630 g/mol. The van der Waals surface area contributed by atoms with Crippen LogP contribution in [0, 0.1) is 0 Å². The SMILES string of the molecule is C[C@H](Oc1cc(Cn2c(=O)c3cc(OC(CF)CF)ccc3n(C3CCN(C=O)CC3)c2=O)ccc1OC1CCCC1)C(=O)O. The molecule has 0 radical (unpaired) electrons. The van der Waals surface area contributed by atoms with Gasteiger partial charge in [0.25, 0.3) is 5.56 Å². The van der Waals surface area contributed by atoms with Crippen molar-refractivity contribution in [1.29, 1.82) is 0 Å². The highest BCUT2D eigenvalue weighted by Gasteiger charge is 2.26. The summed E-state index contributed by atoms with van der Waals surface area (Å²) in [4.78, 5) is 52.4. The van der Waals surface area contributed by atoms with Crippen LogP contribution in [0.25, 0.3) is 10.9 Å². The molecule has 45 heavy (non-hydrogen) atoms. The van der Waals surface area contributed by atoms with Gasteiger partial charge in [-0.15, -0.1) is 0 Å². The molecular formula is C32H37F2N3O8. The predicted octanol–water partition coefficient (Wildman–Crippen LogP) is 3.86. The summed E-state index contributed by atoms with van der Waals surface area (Å²) in [6, 6.07) is 8.97. The number of aromatic nitrogens is 2. The number of aliphatic carboxylic acids is 1. The molecule has 1 aromatic heterocycles. The minimum atomic E-state index is -1.33. The van der Waals surface area contributed by atoms with E-state index in [9.17, 15) is 33.1 Å². The molecule has 3 aromatic rings. The van der Waals surface area contributed by atoms with Crippen molar-refractivity contribution in [3.8, 4) is 17.2 Å². The Bertz CT molecular complexity index is 1640. The minimum absolute atomic E-state index is 0.0231. The standard InChI is InChI=1S/C32H37F2N3O8/c1-20(31(40)41)43-29-14-21(6-9-28(29)45-23-4-2-3-5-23)18-36-30(39)26-15-24(44-25(16-33)17-34)7-8-27(26)37(32(36)42)22-10-12-35(19-38)13-11-22/h6-9,14-15,19-20,22-23,25H,2-5,10-13,16-18H2,1H3,(H,40,41)/t20-/m0/s1. The topological polar surface area (TPSA) is 129 Å². The quantitative estimate of drug-likeness (QED) is 0.282. The Morgan fingerprint density at radius 1 is 1.00 bits per heavy atom. The number of fused-ring (bicyclic) bond motifs is 1. The van der Waals surface area contributed by atoms with Crippen LogP contribution in [0.15, 0.2) is 46.0 Å². The first-order valence-corrected chi connectivity index (χ1v) is 15.2. The van der Waals surface area contributed by atoms with Gasteiger partial charge < -0.3 is 24.2 Å². The van der Waals surface area contributed by atoms with E-state index in [0.29, 0.717) is 42.8 Å². The third kappa shape index (κ3) is 7.12.